The number of alkyl carbamates (subject to hydrolysis) is 1. The minimum atomic E-state index is -0.681. The number of pyridine rings is 2. The molecule has 8 nitrogen and oxygen atoms in total. The average Bonchev–Trinajstić information content (AvgIpc) is 2.76. The maximum atomic E-state index is 12.4. The molecule has 0 saturated heterocycles. The SMILES string of the molecule is C#CCOC(=O)NC(c1ccncc1NC(=O)NCC)c1cccc2ccncc12. The molecule has 1 atom stereocenters. The highest BCUT2D eigenvalue weighted by Gasteiger charge is 2.23. The van der Waals surface area contributed by atoms with Crippen LogP contribution in [0.3, 0.4) is 0 Å². The number of carbonyl (C=O) groups excluding carboxylic acids is 2. The smallest absolute Gasteiger partial charge is 0.408 e. The van der Waals surface area contributed by atoms with Crippen molar-refractivity contribution in [3.05, 3.63) is 66.2 Å². The van der Waals surface area contributed by atoms with Gasteiger partial charge in [0.2, 0.25) is 0 Å². The van der Waals surface area contributed by atoms with Crippen molar-refractivity contribution < 1.29 is 14.3 Å². The van der Waals surface area contributed by atoms with Gasteiger partial charge in [-0.1, -0.05) is 24.1 Å². The summed E-state index contributed by atoms with van der Waals surface area (Å²) in [5.74, 6) is 2.26. The molecule has 3 rings (SSSR count). The predicted octanol–water partition coefficient (Wildman–Crippen LogP) is 3.22. The van der Waals surface area contributed by atoms with Gasteiger partial charge in [-0.15, -0.1) is 6.42 Å². The lowest BCUT2D eigenvalue weighted by molar-refractivity contribution is 0.157. The number of terminal acetylenes is 1. The van der Waals surface area contributed by atoms with Crippen LogP contribution < -0.4 is 16.0 Å². The highest BCUT2D eigenvalue weighted by Crippen LogP contribution is 2.32. The van der Waals surface area contributed by atoms with Crippen molar-refractivity contribution in [2.24, 2.45) is 0 Å². The van der Waals surface area contributed by atoms with E-state index in [0.717, 1.165) is 16.3 Å². The minimum Gasteiger partial charge on any atom is -0.436 e. The quantitative estimate of drug-likeness (QED) is 0.548. The Hall–Kier alpha value is -4.12. The Morgan fingerprint density at radius 3 is 2.73 bits per heavy atom. The summed E-state index contributed by atoms with van der Waals surface area (Å²) in [5.41, 5.74) is 1.86. The largest absolute Gasteiger partial charge is 0.436 e. The van der Waals surface area contributed by atoms with E-state index in [4.69, 9.17) is 11.2 Å². The fraction of sp³-hybridized carbons (Fsp3) is 0.182. The van der Waals surface area contributed by atoms with Crippen molar-refractivity contribution >= 4 is 28.6 Å². The van der Waals surface area contributed by atoms with Gasteiger partial charge in [0.05, 0.1) is 17.9 Å². The first-order valence-corrected chi connectivity index (χ1v) is 9.32. The van der Waals surface area contributed by atoms with E-state index in [0.29, 0.717) is 17.8 Å². The van der Waals surface area contributed by atoms with Crippen molar-refractivity contribution in [1.29, 1.82) is 0 Å². The number of carbonyl (C=O) groups is 2. The van der Waals surface area contributed by atoms with Gasteiger partial charge in [0.15, 0.2) is 6.61 Å². The summed E-state index contributed by atoms with van der Waals surface area (Å²) in [5, 5.41) is 10.1. The first-order chi connectivity index (χ1) is 14.6. The van der Waals surface area contributed by atoms with Crippen LogP contribution >= 0.6 is 0 Å². The van der Waals surface area contributed by atoms with Gasteiger partial charge in [-0.25, -0.2) is 9.59 Å². The molecule has 0 spiro atoms. The first-order valence-electron chi connectivity index (χ1n) is 9.32. The molecule has 3 aromatic rings. The number of hydrogen-bond donors (Lipinski definition) is 3. The molecular formula is C22H21N5O3. The van der Waals surface area contributed by atoms with E-state index in [1.165, 1.54) is 6.20 Å². The van der Waals surface area contributed by atoms with Crippen LogP contribution in [-0.2, 0) is 4.74 Å². The Kier molecular flexibility index (Phi) is 6.79. The molecule has 0 aliphatic rings. The third kappa shape index (κ3) is 4.83. The summed E-state index contributed by atoms with van der Waals surface area (Å²) in [4.78, 5) is 32.8. The Bertz CT molecular complexity index is 1090. The molecule has 30 heavy (non-hydrogen) atoms. The number of amides is 3. The lowest BCUT2D eigenvalue weighted by Crippen LogP contribution is -2.32. The zero-order chi connectivity index (χ0) is 21.3. The molecular weight excluding hydrogens is 382 g/mol. The summed E-state index contributed by atoms with van der Waals surface area (Å²) < 4.78 is 5.02. The molecule has 0 aliphatic heterocycles. The second-order valence-corrected chi connectivity index (χ2v) is 6.25. The second kappa shape index (κ2) is 9.89. The predicted molar refractivity (Wildman–Crippen MR) is 114 cm³/mol. The van der Waals surface area contributed by atoms with Crippen LogP contribution in [0.25, 0.3) is 10.8 Å². The molecule has 3 amide bonds. The number of nitrogens with one attached hydrogen (secondary N) is 3. The van der Waals surface area contributed by atoms with Gasteiger partial charge in [-0.3, -0.25) is 9.97 Å². The van der Waals surface area contributed by atoms with Gasteiger partial charge >= 0.3 is 12.1 Å². The molecule has 152 valence electrons. The average molecular weight is 403 g/mol. The van der Waals surface area contributed by atoms with E-state index < -0.39 is 12.1 Å². The third-order valence-corrected chi connectivity index (χ3v) is 4.33. The van der Waals surface area contributed by atoms with E-state index >= 15 is 0 Å². The Morgan fingerprint density at radius 2 is 1.93 bits per heavy atom. The molecule has 2 aromatic heterocycles. The van der Waals surface area contributed by atoms with Crippen LogP contribution in [0.15, 0.2) is 55.1 Å². The van der Waals surface area contributed by atoms with E-state index in [1.807, 2.05) is 31.2 Å². The van der Waals surface area contributed by atoms with Gasteiger partial charge in [-0.2, -0.15) is 0 Å². The number of ether oxygens (including phenoxy) is 1. The van der Waals surface area contributed by atoms with Gasteiger partial charge in [0.1, 0.15) is 0 Å². The number of benzene rings is 1. The van der Waals surface area contributed by atoms with Crippen LogP contribution in [0, 0.1) is 12.3 Å². The molecule has 0 radical (unpaired) electrons. The van der Waals surface area contributed by atoms with Crippen LogP contribution in [0.5, 0.6) is 0 Å². The van der Waals surface area contributed by atoms with Crippen LogP contribution in [-0.4, -0.2) is 35.2 Å². The summed E-state index contributed by atoms with van der Waals surface area (Å²) in [7, 11) is 0. The number of nitrogens with zero attached hydrogens (tertiary/aromatic N) is 2. The number of fused-ring (bicyclic) bond motifs is 1. The van der Waals surface area contributed by atoms with Crippen molar-refractivity contribution in [3.63, 3.8) is 0 Å². The molecule has 0 bridgehead atoms. The maximum absolute atomic E-state index is 12.4. The van der Waals surface area contributed by atoms with Crippen molar-refractivity contribution in [1.82, 2.24) is 20.6 Å². The van der Waals surface area contributed by atoms with E-state index in [9.17, 15) is 9.59 Å². The lowest BCUT2D eigenvalue weighted by atomic mass is 9.94. The molecule has 3 N–H and O–H groups in total. The maximum Gasteiger partial charge on any atom is 0.408 e. The van der Waals surface area contributed by atoms with Crippen molar-refractivity contribution in [2.45, 2.75) is 13.0 Å². The normalized spacial score (nSPS) is 11.2. The zero-order valence-electron chi connectivity index (χ0n) is 16.4. The number of anilines is 1. The summed E-state index contributed by atoms with van der Waals surface area (Å²) in [6.07, 6.45) is 11.0. The Labute approximate surface area is 174 Å². The number of hydrogen-bond acceptors (Lipinski definition) is 5. The first kappa shape index (κ1) is 20.6. The van der Waals surface area contributed by atoms with Gasteiger partial charge in [0.25, 0.3) is 0 Å². The second-order valence-electron chi connectivity index (χ2n) is 6.25. The Balaban J connectivity index is 2.08. The lowest BCUT2D eigenvalue weighted by Gasteiger charge is -2.23. The van der Waals surface area contributed by atoms with Crippen molar-refractivity contribution in [3.8, 4) is 12.3 Å². The number of urea groups is 1. The monoisotopic (exact) mass is 403 g/mol. The third-order valence-electron chi connectivity index (χ3n) is 4.33. The summed E-state index contributed by atoms with van der Waals surface area (Å²) in [6, 6.07) is 8.30. The highest BCUT2D eigenvalue weighted by molar-refractivity contribution is 5.91. The van der Waals surface area contributed by atoms with Crippen LogP contribution in [0.4, 0.5) is 15.3 Å². The van der Waals surface area contributed by atoms with Gasteiger partial charge < -0.3 is 20.7 Å². The van der Waals surface area contributed by atoms with Crippen LogP contribution in [0.2, 0.25) is 0 Å². The molecule has 8 heteroatoms. The molecule has 2 heterocycles. The molecule has 0 fully saturated rings. The topological polar surface area (TPSA) is 105 Å². The van der Waals surface area contributed by atoms with E-state index in [-0.39, 0.29) is 12.6 Å². The zero-order valence-corrected chi connectivity index (χ0v) is 16.4. The van der Waals surface area contributed by atoms with Gasteiger partial charge in [0, 0.05) is 36.1 Å². The Morgan fingerprint density at radius 1 is 1.13 bits per heavy atom. The summed E-state index contributed by atoms with van der Waals surface area (Å²) in [6.45, 7) is 2.13. The minimum absolute atomic E-state index is 0.157. The standard InChI is InChI=1S/C22H21N5O3/c1-3-12-30-22(29)27-20(16-7-5-6-15-8-10-23-13-18(15)16)17-9-11-24-14-19(17)26-21(28)25-4-2/h1,5-11,13-14,20H,4,12H2,2H3,(H,27,29)(H2,25,26,28). The van der Waals surface area contributed by atoms with Crippen LogP contribution in [0.1, 0.15) is 24.1 Å². The highest BCUT2D eigenvalue weighted by atomic mass is 16.5. The molecule has 0 saturated carbocycles. The molecule has 0 aliphatic carbocycles. The fourth-order valence-corrected chi connectivity index (χ4v) is 3.07. The van der Waals surface area contributed by atoms with E-state index in [2.05, 4.69) is 31.8 Å². The van der Waals surface area contributed by atoms with E-state index in [1.54, 1.807) is 24.7 Å². The summed E-state index contributed by atoms with van der Waals surface area (Å²) >= 11 is 0. The number of rotatable bonds is 6. The molecule has 1 unspecified atom stereocenters. The van der Waals surface area contributed by atoms with Crippen molar-refractivity contribution in [2.75, 3.05) is 18.5 Å². The van der Waals surface area contributed by atoms with Gasteiger partial charge in [-0.05, 0) is 30.0 Å². The fourth-order valence-electron chi connectivity index (χ4n) is 3.07. The number of aromatic nitrogens is 2. The molecule has 1 aromatic carbocycles.